The zero-order chi connectivity index (χ0) is 14.2. The molecule has 0 aromatic heterocycles. The summed E-state index contributed by atoms with van der Waals surface area (Å²) in [5.74, 6) is 0.391. The zero-order valence-corrected chi connectivity index (χ0v) is 12.8. The van der Waals surface area contributed by atoms with Crippen LogP contribution in [0, 0.1) is 5.92 Å². The van der Waals surface area contributed by atoms with Gasteiger partial charge in [0.1, 0.15) is 0 Å². The Hall–Kier alpha value is -0.320. The average Bonchev–Trinajstić information content (AvgIpc) is 2.89. The Morgan fingerprint density at radius 3 is 2.80 bits per heavy atom. The van der Waals surface area contributed by atoms with E-state index >= 15 is 0 Å². The highest BCUT2D eigenvalue weighted by Crippen LogP contribution is 2.40. The highest BCUT2D eigenvalue weighted by Gasteiger charge is 2.42. The van der Waals surface area contributed by atoms with E-state index < -0.39 is 0 Å². The van der Waals surface area contributed by atoms with E-state index in [1.165, 1.54) is 0 Å². The average molecular weight is 316 g/mol. The molecule has 1 spiro atoms. The minimum Gasteiger partial charge on any atom is -0.378 e. The molecule has 3 atom stereocenters. The lowest BCUT2D eigenvalue weighted by Crippen LogP contribution is -2.43. The second-order valence-corrected chi connectivity index (χ2v) is 6.60. The van der Waals surface area contributed by atoms with Crippen molar-refractivity contribution in [3.8, 4) is 0 Å². The molecule has 0 radical (unpaired) electrons. The number of halogens is 2. The van der Waals surface area contributed by atoms with Crippen molar-refractivity contribution in [3.05, 3.63) is 33.8 Å². The summed E-state index contributed by atoms with van der Waals surface area (Å²) in [5, 5.41) is 1.13. The van der Waals surface area contributed by atoms with Crippen molar-refractivity contribution in [2.75, 3.05) is 19.8 Å². The number of rotatable bonds is 2. The van der Waals surface area contributed by atoms with Crippen LogP contribution in [-0.4, -0.2) is 25.4 Å². The largest absolute Gasteiger partial charge is 0.378 e. The van der Waals surface area contributed by atoms with Gasteiger partial charge in [-0.3, -0.25) is 0 Å². The number of ether oxygens (including phenoxy) is 2. The summed E-state index contributed by atoms with van der Waals surface area (Å²) in [6.07, 6.45) is 2.90. The van der Waals surface area contributed by atoms with Crippen LogP contribution in [0.1, 0.15) is 30.9 Å². The topological polar surface area (TPSA) is 44.5 Å². The van der Waals surface area contributed by atoms with E-state index in [1.807, 2.05) is 18.2 Å². The van der Waals surface area contributed by atoms with Gasteiger partial charge >= 0.3 is 0 Å². The lowest BCUT2D eigenvalue weighted by molar-refractivity contribution is -0.101. The Morgan fingerprint density at radius 1 is 1.25 bits per heavy atom. The molecule has 3 unspecified atom stereocenters. The van der Waals surface area contributed by atoms with E-state index in [-0.39, 0.29) is 11.6 Å². The molecule has 2 fully saturated rings. The molecule has 3 nitrogen and oxygen atoms in total. The van der Waals surface area contributed by atoms with Crippen molar-refractivity contribution in [2.45, 2.75) is 30.9 Å². The molecular weight excluding hydrogens is 297 g/mol. The molecule has 0 aliphatic carbocycles. The maximum atomic E-state index is 6.44. The van der Waals surface area contributed by atoms with Gasteiger partial charge in [-0.15, -0.1) is 0 Å². The molecule has 2 aliphatic heterocycles. The first-order valence-corrected chi connectivity index (χ1v) is 7.77. The van der Waals surface area contributed by atoms with Crippen molar-refractivity contribution >= 4 is 23.2 Å². The molecular formula is C15H19Cl2NO2. The molecule has 5 heteroatoms. The van der Waals surface area contributed by atoms with Crippen molar-refractivity contribution < 1.29 is 9.47 Å². The SMILES string of the molecule is NC(c1ccc(Cl)c(Cl)c1)C1CCOC2(CCOC2)C1. The first-order chi connectivity index (χ1) is 9.60. The lowest BCUT2D eigenvalue weighted by atomic mass is 9.79. The molecule has 0 saturated carbocycles. The van der Waals surface area contributed by atoms with Crippen LogP contribution in [0.15, 0.2) is 18.2 Å². The van der Waals surface area contributed by atoms with Gasteiger partial charge < -0.3 is 15.2 Å². The summed E-state index contributed by atoms with van der Waals surface area (Å²) in [4.78, 5) is 0. The molecule has 2 aliphatic rings. The third kappa shape index (κ3) is 2.83. The molecule has 0 amide bonds. The Labute approximate surface area is 129 Å². The van der Waals surface area contributed by atoms with Crippen molar-refractivity contribution in [3.63, 3.8) is 0 Å². The van der Waals surface area contributed by atoms with Gasteiger partial charge in [-0.2, -0.15) is 0 Å². The van der Waals surface area contributed by atoms with Crippen LogP contribution in [0.25, 0.3) is 0 Å². The number of nitrogens with two attached hydrogens (primary N) is 1. The van der Waals surface area contributed by atoms with Crippen LogP contribution < -0.4 is 5.73 Å². The van der Waals surface area contributed by atoms with Crippen LogP contribution in [0.4, 0.5) is 0 Å². The van der Waals surface area contributed by atoms with Gasteiger partial charge in [-0.25, -0.2) is 0 Å². The van der Waals surface area contributed by atoms with Gasteiger partial charge in [-0.05, 0) is 36.5 Å². The van der Waals surface area contributed by atoms with Gasteiger partial charge in [0.05, 0.1) is 22.3 Å². The van der Waals surface area contributed by atoms with Gasteiger partial charge in [-0.1, -0.05) is 29.3 Å². The number of hydrogen-bond acceptors (Lipinski definition) is 3. The first kappa shape index (κ1) is 14.6. The number of benzene rings is 1. The molecule has 1 aromatic rings. The summed E-state index contributed by atoms with van der Waals surface area (Å²) in [7, 11) is 0. The van der Waals surface area contributed by atoms with E-state index in [0.29, 0.717) is 22.6 Å². The minimum absolute atomic E-state index is 0.0360. The summed E-state index contributed by atoms with van der Waals surface area (Å²) in [5.41, 5.74) is 7.37. The molecule has 110 valence electrons. The normalized spacial score (nSPS) is 31.6. The Morgan fingerprint density at radius 2 is 2.10 bits per heavy atom. The third-order valence-corrected chi connectivity index (χ3v) is 5.17. The smallest absolute Gasteiger partial charge is 0.0940 e. The van der Waals surface area contributed by atoms with E-state index in [1.54, 1.807) is 0 Å². The second kappa shape index (κ2) is 5.82. The Bertz CT molecular complexity index is 489. The predicted molar refractivity (Wildman–Crippen MR) is 80.2 cm³/mol. The molecule has 2 N–H and O–H groups in total. The maximum absolute atomic E-state index is 6.44. The standard InChI is InChI=1S/C15H19Cl2NO2/c16-12-2-1-10(7-13(12)17)14(18)11-3-5-20-15(8-11)4-6-19-9-15/h1-2,7,11,14H,3-6,8-9,18H2. The van der Waals surface area contributed by atoms with Crippen LogP contribution in [-0.2, 0) is 9.47 Å². The van der Waals surface area contributed by atoms with Gasteiger partial charge in [0.15, 0.2) is 0 Å². The molecule has 0 bridgehead atoms. The molecule has 2 heterocycles. The summed E-state index contributed by atoms with van der Waals surface area (Å²) in [6.45, 7) is 2.23. The number of hydrogen-bond donors (Lipinski definition) is 1. The first-order valence-electron chi connectivity index (χ1n) is 7.02. The van der Waals surface area contributed by atoms with E-state index in [0.717, 1.165) is 38.0 Å². The predicted octanol–water partition coefficient (Wildman–Crippen LogP) is 3.58. The quantitative estimate of drug-likeness (QED) is 0.907. The van der Waals surface area contributed by atoms with Crippen LogP contribution >= 0.6 is 23.2 Å². The van der Waals surface area contributed by atoms with Gasteiger partial charge in [0.25, 0.3) is 0 Å². The van der Waals surface area contributed by atoms with E-state index in [2.05, 4.69) is 0 Å². The molecule has 3 rings (SSSR count). The molecule has 20 heavy (non-hydrogen) atoms. The third-order valence-electron chi connectivity index (χ3n) is 4.43. The zero-order valence-electron chi connectivity index (χ0n) is 11.3. The minimum atomic E-state index is -0.114. The molecule has 2 saturated heterocycles. The fourth-order valence-electron chi connectivity index (χ4n) is 3.23. The molecule has 1 aromatic carbocycles. The maximum Gasteiger partial charge on any atom is 0.0940 e. The lowest BCUT2D eigenvalue weighted by Gasteiger charge is -2.39. The fourth-order valence-corrected chi connectivity index (χ4v) is 3.53. The van der Waals surface area contributed by atoms with Gasteiger partial charge in [0, 0.05) is 25.7 Å². The summed E-state index contributed by atoms with van der Waals surface area (Å²) in [6, 6.07) is 5.62. The highest BCUT2D eigenvalue weighted by atomic mass is 35.5. The van der Waals surface area contributed by atoms with Crippen molar-refractivity contribution in [2.24, 2.45) is 11.7 Å². The van der Waals surface area contributed by atoms with Crippen molar-refractivity contribution in [1.82, 2.24) is 0 Å². The van der Waals surface area contributed by atoms with Crippen LogP contribution in [0.3, 0.4) is 0 Å². The monoisotopic (exact) mass is 315 g/mol. The highest BCUT2D eigenvalue weighted by molar-refractivity contribution is 6.42. The fraction of sp³-hybridized carbons (Fsp3) is 0.600. The van der Waals surface area contributed by atoms with Gasteiger partial charge in [0.2, 0.25) is 0 Å². The van der Waals surface area contributed by atoms with Crippen LogP contribution in [0.2, 0.25) is 10.0 Å². The van der Waals surface area contributed by atoms with Crippen LogP contribution in [0.5, 0.6) is 0 Å². The summed E-state index contributed by atoms with van der Waals surface area (Å²) >= 11 is 12.0. The Kier molecular flexibility index (Phi) is 4.25. The summed E-state index contributed by atoms with van der Waals surface area (Å²) < 4.78 is 11.5. The van der Waals surface area contributed by atoms with Crippen molar-refractivity contribution in [1.29, 1.82) is 0 Å². The van der Waals surface area contributed by atoms with E-state index in [4.69, 9.17) is 38.4 Å². The second-order valence-electron chi connectivity index (χ2n) is 5.79. The van der Waals surface area contributed by atoms with E-state index in [9.17, 15) is 0 Å². The Balaban J connectivity index is 1.75.